The van der Waals surface area contributed by atoms with Crippen LogP contribution in [0.25, 0.3) is 10.9 Å². The molecule has 144 valence electrons. The van der Waals surface area contributed by atoms with Crippen LogP contribution in [0.3, 0.4) is 0 Å². The molecule has 2 N–H and O–H groups in total. The van der Waals surface area contributed by atoms with Crippen LogP contribution in [-0.4, -0.2) is 35.3 Å². The van der Waals surface area contributed by atoms with E-state index in [4.69, 9.17) is 21.1 Å². The number of aromatic nitrogens is 2. The molecule has 0 bridgehead atoms. The summed E-state index contributed by atoms with van der Waals surface area (Å²) < 4.78 is 24.2. The number of halogens is 2. The van der Waals surface area contributed by atoms with Gasteiger partial charge in [-0.2, -0.15) is 0 Å². The number of anilines is 1. The molecule has 0 radical (unpaired) electrons. The number of ether oxygens (including phenoxy) is 2. The number of cyclic esters (lactones) is 1. The lowest BCUT2D eigenvalue weighted by molar-refractivity contribution is 0.105. The first-order chi connectivity index (χ1) is 13.6. The predicted molar refractivity (Wildman–Crippen MR) is 102 cm³/mol. The average molecular weight is 403 g/mol. The minimum atomic E-state index is -0.458. The Bertz CT molecular complexity index is 1030. The number of nitrogens with zero attached hydrogens (tertiary/aromatic N) is 2. The van der Waals surface area contributed by atoms with E-state index < -0.39 is 6.09 Å². The molecule has 1 amide bonds. The zero-order valence-electron chi connectivity index (χ0n) is 14.6. The van der Waals surface area contributed by atoms with Gasteiger partial charge in [0.15, 0.2) is 6.10 Å². The maximum absolute atomic E-state index is 13.4. The van der Waals surface area contributed by atoms with E-state index in [9.17, 15) is 9.18 Å². The molecule has 28 heavy (non-hydrogen) atoms. The smallest absolute Gasteiger partial charge is 0.407 e. The van der Waals surface area contributed by atoms with Gasteiger partial charge in [0.25, 0.3) is 0 Å². The summed E-state index contributed by atoms with van der Waals surface area (Å²) in [5.74, 6) is 0.708. The van der Waals surface area contributed by atoms with E-state index in [1.807, 2.05) is 12.1 Å². The number of carbonyl (C=O) groups is 1. The number of hydrogen-bond acceptors (Lipinski definition) is 6. The first kappa shape index (κ1) is 18.2. The van der Waals surface area contributed by atoms with Crippen molar-refractivity contribution in [2.24, 2.45) is 0 Å². The first-order valence-electron chi connectivity index (χ1n) is 8.60. The third-order valence-corrected chi connectivity index (χ3v) is 4.35. The van der Waals surface area contributed by atoms with Gasteiger partial charge in [-0.1, -0.05) is 18.2 Å². The summed E-state index contributed by atoms with van der Waals surface area (Å²) in [4.78, 5) is 19.6. The van der Waals surface area contributed by atoms with Gasteiger partial charge in [0.1, 0.15) is 29.5 Å². The van der Waals surface area contributed by atoms with Crippen LogP contribution in [0.4, 0.5) is 15.0 Å². The molecule has 1 aliphatic rings. The molecule has 1 aromatic heterocycles. The Morgan fingerprint density at radius 2 is 2.14 bits per heavy atom. The normalized spacial score (nSPS) is 15.9. The molecule has 4 rings (SSSR count). The summed E-state index contributed by atoms with van der Waals surface area (Å²) in [6.45, 7) is 0.945. The van der Waals surface area contributed by atoms with Crippen molar-refractivity contribution in [2.45, 2.75) is 12.6 Å². The summed E-state index contributed by atoms with van der Waals surface area (Å²) in [7, 11) is 0. The zero-order valence-corrected chi connectivity index (χ0v) is 15.4. The number of benzene rings is 2. The lowest BCUT2D eigenvalue weighted by Gasteiger charge is -2.14. The highest BCUT2D eigenvalue weighted by atomic mass is 35.5. The number of para-hydroxylation sites is 1. The van der Waals surface area contributed by atoms with Crippen LogP contribution < -0.4 is 15.4 Å². The number of fused-ring (bicyclic) bond motifs is 1. The molecule has 7 nitrogen and oxygen atoms in total. The van der Waals surface area contributed by atoms with Crippen LogP contribution in [0.15, 0.2) is 42.5 Å². The van der Waals surface area contributed by atoms with E-state index >= 15 is 0 Å². The van der Waals surface area contributed by atoms with Gasteiger partial charge in [-0.3, -0.25) is 0 Å². The summed E-state index contributed by atoms with van der Waals surface area (Å²) >= 11 is 6.09. The first-order valence-corrected chi connectivity index (χ1v) is 8.98. The van der Waals surface area contributed by atoms with E-state index in [1.54, 1.807) is 18.2 Å². The molecule has 0 saturated carbocycles. The molecule has 1 aliphatic heterocycles. The van der Waals surface area contributed by atoms with Gasteiger partial charge < -0.3 is 20.1 Å². The molecule has 0 aliphatic carbocycles. The fourth-order valence-corrected chi connectivity index (χ4v) is 3.06. The fraction of sp³-hybridized carbons (Fsp3) is 0.211. The van der Waals surface area contributed by atoms with E-state index in [0.29, 0.717) is 35.6 Å². The van der Waals surface area contributed by atoms with Crippen molar-refractivity contribution < 1.29 is 18.7 Å². The highest BCUT2D eigenvalue weighted by Crippen LogP contribution is 2.30. The van der Waals surface area contributed by atoms with E-state index in [2.05, 4.69) is 20.6 Å². The van der Waals surface area contributed by atoms with Crippen molar-refractivity contribution in [1.29, 1.82) is 0 Å². The number of nitrogens with one attached hydrogen (secondary N) is 2. The zero-order chi connectivity index (χ0) is 19.5. The van der Waals surface area contributed by atoms with Crippen LogP contribution in [-0.2, 0) is 11.3 Å². The van der Waals surface area contributed by atoms with Crippen molar-refractivity contribution in [3.8, 4) is 5.75 Å². The topological polar surface area (TPSA) is 85.4 Å². The van der Waals surface area contributed by atoms with Crippen molar-refractivity contribution in [3.05, 3.63) is 59.1 Å². The van der Waals surface area contributed by atoms with E-state index in [-0.39, 0.29) is 23.8 Å². The summed E-state index contributed by atoms with van der Waals surface area (Å²) in [6.07, 6.45) is -0.827. The molecule has 1 unspecified atom stereocenters. The Labute approximate surface area is 164 Å². The van der Waals surface area contributed by atoms with Crippen molar-refractivity contribution in [3.63, 3.8) is 0 Å². The maximum atomic E-state index is 13.4. The second kappa shape index (κ2) is 7.85. The van der Waals surface area contributed by atoms with Crippen LogP contribution in [0.1, 0.15) is 5.56 Å². The Kier molecular flexibility index (Phi) is 5.12. The standard InChI is InChI=1S/C19H16ClFN4O3/c20-18-24-16-14(17(25-18)22-8-11-3-1-4-12(21)7-11)5-2-6-15(16)27-10-13-9-23-19(26)28-13/h1-7,13H,8-10H2,(H,23,26)(H,22,24,25). The molecule has 1 saturated heterocycles. The lowest BCUT2D eigenvalue weighted by Crippen LogP contribution is -2.22. The largest absolute Gasteiger partial charge is 0.487 e. The summed E-state index contributed by atoms with van der Waals surface area (Å²) in [5, 5.41) is 6.50. The Morgan fingerprint density at radius 3 is 2.93 bits per heavy atom. The monoisotopic (exact) mass is 402 g/mol. The fourth-order valence-electron chi connectivity index (χ4n) is 2.89. The average Bonchev–Trinajstić information content (AvgIpc) is 3.10. The summed E-state index contributed by atoms with van der Waals surface area (Å²) in [6, 6.07) is 11.7. The van der Waals surface area contributed by atoms with Gasteiger partial charge in [0.05, 0.1) is 6.54 Å². The molecular formula is C19H16ClFN4O3. The Balaban J connectivity index is 1.56. The molecule has 0 spiro atoms. The van der Waals surface area contributed by atoms with Gasteiger partial charge in [-0.05, 0) is 41.4 Å². The van der Waals surface area contributed by atoms with Crippen LogP contribution in [0, 0.1) is 5.82 Å². The second-order valence-corrected chi connectivity index (χ2v) is 6.53. The predicted octanol–water partition coefficient (Wildman–Crippen LogP) is 3.52. The van der Waals surface area contributed by atoms with Gasteiger partial charge in [-0.25, -0.2) is 19.2 Å². The van der Waals surface area contributed by atoms with Gasteiger partial charge >= 0.3 is 6.09 Å². The molecule has 3 aromatic rings. The van der Waals surface area contributed by atoms with Crippen LogP contribution in [0.5, 0.6) is 5.75 Å². The minimum absolute atomic E-state index is 0.0549. The molecule has 1 atom stereocenters. The number of alkyl carbamates (subject to hydrolysis) is 1. The lowest BCUT2D eigenvalue weighted by atomic mass is 10.2. The third-order valence-electron chi connectivity index (χ3n) is 4.18. The molecular weight excluding hydrogens is 387 g/mol. The molecule has 2 heterocycles. The summed E-state index contributed by atoms with van der Waals surface area (Å²) in [5.41, 5.74) is 1.30. The van der Waals surface area contributed by atoms with Crippen molar-refractivity contribution in [2.75, 3.05) is 18.5 Å². The molecule has 1 fully saturated rings. The van der Waals surface area contributed by atoms with E-state index in [1.165, 1.54) is 12.1 Å². The SMILES string of the molecule is O=C1NCC(COc2cccc3c(NCc4cccc(F)c4)nc(Cl)nc23)O1. The van der Waals surface area contributed by atoms with E-state index in [0.717, 1.165) is 5.56 Å². The van der Waals surface area contributed by atoms with Gasteiger partial charge in [-0.15, -0.1) is 0 Å². The number of hydrogen-bond donors (Lipinski definition) is 2. The highest BCUT2D eigenvalue weighted by molar-refractivity contribution is 6.29. The molecule has 9 heteroatoms. The quantitative estimate of drug-likeness (QED) is 0.613. The van der Waals surface area contributed by atoms with Crippen molar-refractivity contribution >= 4 is 34.4 Å². The van der Waals surface area contributed by atoms with Crippen LogP contribution in [0.2, 0.25) is 5.28 Å². The second-order valence-electron chi connectivity index (χ2n) is 6.20. The number of amides is 1. The Hall–Kier alpha value is -3.13. The maximum Gasteiger partial charge on any atom is 0.407 e. The van der Waals surface area contributed by atoms with Gasteiger partial charge in [0.2, 0.25) is 5.28 Å². The number of carbonyl (C=O) groups excluding carboxylic acids is 1. The van der Waals surface area contributed by atoms with Crippen molar-refractivity contribution in [1.82, 2.24) is 15.3 Å². The van der Waals surface area contributed by atoms with Crippen LogP contribution >= 0.6 is 11.6 Å². The third kappa shape index (κ3) is 4.07. The van der Waals surface area contributed by atoms with Gasteiger partial charge in [0, 0.05) is 11.9 Å². The number of rotatable bonds is 6. The Morgan fingerprint density at radius 1 is 1.29 bits per heavy atom. The minimum Gasteiger partial charge on any atom is -0.487 e. The molecule has 2 aromatic carbocycles. The highest BCUT2D eigenvalue weighted by Gasteiger charge is 2.23.